The van der Waals surface area contributed by atoms with Gasteiger partial charge in [-0.2, -0.15) is 8.42 Å². The number of rotatable bonds is 7. The molecule has 1 aliphatic rings. The van der Waals surface area contributed by atoms with Gasteiger partial charge in [0.05, 0.1) is 16.8 Å². The van der Waals surface area contributed by atoms with Gasteiger partial charge in [0.25, 0.3) is 10.0 Å². The summed E-state index contributed by atoms with van der Waals surface area (Å²) in [4.78, 5) is 0.149. The fraction of sp³-hybridized carbons (Fsp3) is 0.167. The number of hydrogen-bond donors (Lipinski definition) is 4. The highest BCUT2D eigenvalue weighted by atomic mass is 32.2. The standard InChI is InChI=1S/C24H25N3O6S2/c1-16(2)18-8-10-20(11-9-18)34(30,31)25-21-6-4-3-5-19(21)13-17-7-12-22(23(28)14-17)27-15-24(29)26-35(27,32)33/h3-12,14-16,25-26,28-29H,13H2,1-2H3. The molecule has 0 bridgehead atoms. The lowest BCUT2D eigenvalue weighted by Crippen LogP contribution is -2.29. The van der Waals surface area contributed by atoms with Crippen LogP contribution < -0.4 is 13.7 Å². The Labute approximate surface area is 204 Å². The minimum absolute atomic E-state index is 0.0378. The van der Waals surface area contributed by atoms with Crippen LogP contribution >= 0.6 is 0 Å². The molecule has 0 unspecified atom stereocenters. The Hall–Kier alpha value is -3.70. The number of aliphatic hydroxyl groups excluding tert-OH is 1. The molecule has 4 rings (SSSR count). The average molecular weight is 516 g/mol. The molecule has 4 N–H and O–H groups in total. The van der Waals surface area contributed by atoms with Crippen LogP contribution in [0.5, 0.6) is 5.75 Å². The van der Waals surface area contributed by atoms with Crippen molar-refractivity contribution in [3.63, 3.8) is 0 Å². The lowest BCUT2D eigenvalue weighted by Gasteiger charge is -2.17. The molecule has 0 spiro atoms. The fourth-order valence-corrected chi connectivity index (χ4v) is 5.85. The van der Waals surface area contributed by atoms with Crippen LogP contribution in [-0.2, 0) is 26.7 Å². The van der Waals surface area contributed by atoms with Gasteiger partial charge in [-0.3, -0.25) is 4.72 Å². The van der Waals surface area contributed by atoms with Crippen LogP contribution in [0.15, 0.2) is 83.7 Å². The van der Waals surface area contributed by atoms with Crippen molar-refractivity contribution in [1.82, 2.24) is 4.72 Å². The summed E-state index contributed by atoms with van der Waals surface area (Å²) >= 11 is 0. The first kappa shape index (κ1) is 24.4. The summed E-state index contributed by atoms with van der Waals surface area (Å²) < 4.78 is 55.4. The Morgan fingerprint density at radius 3 is 2.29 bits per heavy atom. The van der Waals surface area contributed by atoms with E-state index in [4.69, 9.17) is 0 Å². The highest BCUT2D eigenvalue weighted by Crippen LogP contribution is 2.33. The highest BCUT2D eigenvalue weighted by Gasteiger charge is 2.30. The van der Waals surface area contributed by atoms with Crippen molar-refractivity contribution in [3.05, 3.63) is 95.5 Å². The van der Waals surface area contributed by atoms with Crippen molar-refractivity contribution in [3.8, 4) is 5.75 Å². The third kappa shape index (κ3) is 5.20. The molecule has 184 valence electrons. The van der Waals surface area contributed by atoms with E-state index in [2.05, 4.69) is 4.72 Å². The molecule has 3 aromatic rings. The van der Waals surface area contributed by atoms with Crippen molar-refractivity contribution in [1.29, 1.82) is 0 Å². The molecule has 1 aliphatic heterocycles. The number of nitrogens with zero attached hydrogens (tertiary/aromatic N) is 1. The van der Waals surface area contributed by atoms with Gasteiger partial charge < -0.3 is 10.2 Å². The maximum atomic E-state index is 13.0. The Balaban J connectivity index is 1.58. The van der Waals surface area contributed by atoms with E-state index in [9.17, 15) is 27.0 Å². The van der Waals surface area contributed by atoms with Crippen LogP contribution in [0.4, 0.5) is 11.4 Å². The third-order valence-corrected chi connectivity index (χ3v) is 8.19. The van der Waals surface area contributed by atoms with E-state index in [0.717, 1.165) is 16.1 Å². The van der Waals surface area contributed by atoms with Gasteiger partial charge in [-0.25, -0.2) is 17.4 Å². The maximum Gasteiger partial charge on any atom is 0.330 e. The van der Waals surface area contributed by atoms with E-state index in [-0.39, 0.29) is 28.7 Å². The van der Waals surface area contributed by atoms with Crippen LogP contribution in [0.2, 0.25) is 0 Å². The monoisotopic (exact) mass is 515 g/mol. The fourth-order valence-electron chi connectivity index (χ4n) is 3.68. The molecule has 0 fully saturated rings. The van der Waals surface area contributed by atoms with Crippen LogP contribution in [-0.4, -0.2) is 27.0 Å². The summed E-state index contributed by atoms with van der Waals surface area (Å²) in [5.41, 5.74) is 2.68. The molecule has 0 atom stereocenters. The molecule has 0 saturated carbocycles. The van der Waals surface area contributed by atoms with E-state index in [1.807, 2.05) is 18.6 Å². The lowest BCUT2D eigenvalue weighted by atomic mass is 10.0. The second kappa shape index (κ2) is 9.16. The number of nitrogens with one attached hydrogen (secondary N) is 2. The van der Waals surface area contributed by atoms with Crippen molar-refractivity contribution >= 4 is 31.6 Å². The number of phenols is 1. The van der Waals surface area contributed by atoms with E-state index in [1.165, 1.54) is 12.1 Å². The van der Waals surface area contributed by atoms with E-state index < -0.39 is 26.1 Å². The minimum atomic E-state index is -4.04. The van der Waals surface area contributed by atoms with Crippen LogP contribution in [0, 0.1) is 0 Å². The van der Waals surface area contributed by atoms with Crippen molar-refractivity contribution in [2.24, 2.45) is 0 Å². The van der Waals surface area contributed by atoms with Gasteiger partial charge in [0.2, 0.25) is 5.88 Å². The first-order valence-electron chi connectivity index (χ1n) is 10.7. The van der Waals surface area contributed by atoms with Crippen LogP contribution in [0.3, 0.4) is 0 Å². The summed E-state index contributed by atoms with van der Waals surface area (Å²) in [7, 11) is -7.87. The number of sulfonamides is 1. The summed E-state index contributed by atoms with van der Waals surface area (Å²) in [5.74, 6) is -0.595. The van der Waals surface area contributed by atoms with Gasteiger partial charge >= 0.3 is 10.2 Å². The second-order valence-corrected chi connectivity index (χ2v) is 11.6. The molecule has 0 saturated heterocycles. The molecule has 35 heavy (non-hydrogen) atoms. The van der Waals surface area contributed by atoms with E-state index in [1.54, 1.807) is 54.6 Å². The third-order valence-electron chi connectivity index (χ3n) is 5.52. The predicted octanol–water partition coefficient (Wildman–Crippen LogP) is 3.92. The summed E-state index contributed by atoms with van der Waals surface area (Å²) in [6, 6.07) is 18.1. The molecule has 9 nitrogen and oxygen atoms in total. The molecule has 0 aromatic heterocycles. The van der Waals surface area contributed by atoms with Crippen molar-refractivity contribution < 1.29 is 27.0 Å². The van der Waals surface area contributed by atoms with Crippen molar-refractivity contribution in [2.45, 2.75) is 31.1 Å². The smallest absolute Gasteiger partial charge is 0.330 e. The zero-order valence-corrected chi connectivity index (χ0v) is 20.6. The van der Waals surface area contributed by atoms with Gasteiger partial charge in [0.15, 0.2) is 0 Å². The van der Waals surface area contributed by atoms with Crippen molar-refractivity contribution in [2.75, 3.05) is 9.03 Å². The quantitative estimate of drug-likeness (QED) is 0.377. The molecule has 0 amide bonds. The Kier molecular flexibility index (Phi) is 6.39. The van der Waals surface area contributed by atoms with E-state index in [0.29, 0.717) is 16.8 Å². The normalized spacial score (nSPS) is 15.1. The number of hydrogen-bond acceptors (Lipinski definition) is 6. The first-order chi connectivity index (χ1) is 16.5. The topological polar surface area (TPSA) is 136 Å². The molecule has 11 heteroatoms. The molecule has 1 heterocycles. The number of anilines is 2. The lowest BCUT2D eigenvalue weighted by molar-refractivity contribution is 0.392. The Morgan fingerprint density at radius 2 is 1.69 bits per heavy atom. The van der Waals surface area contributed by atoms with Crippen LogP contribution in [0.25, 0.3) is 0 Å². The summed E-state index contributed by atoms with van der Waals surface area (Å²) in [6.07, 6.45) is 1.22. The molecule has 0 radical (unpaired) electrons. The zero-order valence-electron chi connectivity index (χ0n) is 19.0. The number of aromatic hydroxyl groups is 1. The SMILES string of the molecule is CC(C)c1ccc(S(=O)(=O)Nc2ccccc2Cc2ccc(N3C=C(O)NS3(=O)=O)c(O)c2)cc1. The van der Waals surface area contributed by atoms with Crippen LogP contribution in [0.1, 0.15) is 36.5 Å². The average Bonchev–Trinajstić information content (AvgIpc) is 3.06. The van der Waals surface area contributed by atoms with Gasteiger partial charge in [-0.15, -0.1) is 0 Å². The number of aliphatic hydroxyl groups is 1. The summed E-state index contributed by atoms with van der Waals surface area (Å²) in [6.45, 7) is 4.06. The zero-order chi connectivity index (χ0) is 25.4. The molecule has 0 aliphatic carbocycles. The predicted molar refractivity (Wildman–Crippen MR) is 134 cm³/mol. The van der Waals surface area contributed by atoms with Gasteiger partial charge in [-0.1, -0.05) is 50.2 Å². The number of benzene rings is 3. The van der Waals surface area contributed by atoms with Gasteiger partial charge in [0, 0.05) is 0 Å². The first-order valence-corrected chi connectivity index (χ1v) is 13.6. The molecular weight excluding hydrogens is 490 g/mol. The largest absolute Gasteiger partial charge is 0.506 e. The number of phenolic OH excluding ortho intramolecular Hbond substituents is 1. The molecule has 3 aromatic carbocycles. The summed E-state index contributed by atoms with van der Waals surface area (Å²) in [5, 5.41) is 19.9. The molecular formula is C24H25N3O6S2. The van der Waals surface area contributed by atoms with E-state index >= 15 is 0 Å². The van der Waals surface area contributed by atoms with Gasteiger partial charge in [0.1, 0.15) is 11.4 Å². The Bertz CT molecular complexity index is 1500. The number of para-hydroxylation sites is 1. The second-order valence-electron chi connectivity index (χ2n) is 8.40. The Morgan fingerprint density at radius 1 is 1.00 bits per heavy atom. The maximum absolute atomic E-state index is 13.0. The minimum Gasteiger partial charge on any atom is -0.506 e. The van der Waals surface area contributed by atoms with Gasteiger partial charge in [-0.05, 0) is 59.4 Å². The highest BCUT2D eigenvalue weighted by molar-refractivity contribution is 7.92.